The summed E-state index contributed by atoms with van der Waals surface area (Å²) < 4.78 is 5.31. The quantitative estimate of drug-likeness (QED) is 0.888. The zero-order chi connectivity index (χ0) is 14.5. The zero-order valence-corrected chi connectivity index (χ0v) is 12.1. The molecule has 0 fully saturated rings. The first-order chi connectivity index (χ1) is 9.63. The minimum absolute atomic E-state index is 0.176. The average molecular weight is 294 g/mol. The van der Waals surface area contributed by atoms with Crippen molar-refractivity contribution in [2.45, 2.75) is 13.0 Å². The van der Waals surface area contributed by atoms with Crippen LogP contribution in [-0.2, 0) is 0 Å². The number of hydrogen-bond acceptors (Lipinski definition) is 4. The van der Waals surface area contributed by atoms with Gasteiger partial charge in [-0.3, -0.25) is 4.79 Å². The first-order valence-electron chi connectivity index (χ1n) is 6.27. The van der Waals surface area contributed by atoms with Gasteiger partial charge in [0, 0.05) is 18.2 Å². The molecular weight excluding hydrogens is 278 g/mol. The summed E-state index contributed by atoms with van der Waals surface area (Å²) >= 11 is 6.11. The molecule has 1 amide bonds. The summed E-state index contributed by atoms with van der Waals surface area (Å²) in [4.78, 5) is 16.1. The Hall–Kier alpha value is -1.85. The summed E-state index contributed by atoms with van der Waals surface area (Å²) in [5, 5.41) is 6.36. The number of carbonyl (C=O) groups is 1. The monoisotopic (exact) mass is 293 g/mol. The number of nitrogens with one attached hydrogen (secondary N) is 2. The van der Waals surface area contributed by atoms with Crippen molar-refractivity contribution in [1.29, 1.82) is 0 Å². The van der Waals surface area contributed by atoms with Gasteiger partial charge in [0.1, 0.15) is 0 Å². The van der Waals surface area contributed by atoms with Crippen molar-refractivity contribution in [1.82, 2.24) is 15.6 Å². The summed E-state index contributed by atoms with van der Waals surface area (Å²) in [7, 11) is 1.84. The minimum atomic E-state index is -0.282. The van der Waals surface area contributed by atoms with Crippen LogP contribution >= 0.6 is 11.6 Å². The molecule has 1 atom stereocenters. The van der Waals surface area contributed by atoms with Gasteiger partial charge in [-0.1, -0.05) is 23.7 Å². The Morgan fingerprint density at radius 3 is 2.90 bits per heavy atom. The van der Waals surface area contributed by atoms with Crippen molar-refractivity contribution in [3.05, 3.63) is 41.4 Å². The Morgan fingerprint density at radius 1 is 1.45 bits per heavy atom. The molecule has 2 N–H and O–H groups in total. The van der Waals surface area contributed by atoms with Gasteiger partial charge in [-0.05, 0) is 26.1 Å². The Kier molecular flexibility index (Phi) is 4.76. The molecule has 6 heteroatoms. The fraction of sp³-hybridized carbons (Fsp3) is 0.286. The third-order valence-corrected chi connectivity index (χ3v) is 3.29. The molecule has 0 saturated heterocycles. The third-order valence-electron chi connectivity index (χ3n) is 2.96. The standard InChI is InChI=1S/C14H16ClN3O2/c1-9(16-2)7-17-14(19)12-13(20-8-18-12)10-5-3-4-6-11(10)15/h3-6,8-9,16H,7H2,1-2H3,(H,17,19). The summed E-state index contributed by atoms with van der Waals surface area (Å²) in [6.07, 6.45) is 1.25. The first-order valence-corrected chi connectivity index (χ1v) is 6.65. The maximum atomic E-state index is 12.1. The van der Waals surface area contributed by atoms with Crippen LogP contribution in [0.3, 0.4) is 0 Å². The second kappa shape index (κ2) is 6.54. The van der Waals surface area contributed by atoms with Crippen molar-refractivity contribution in [2.24, 2.45) is 0 Å². The number of nitrogens with zero attached hydrogens (tertiary/aromatic N) is 1. The van der Waals surface area contributed by atoms with Gasteiger partial charge < -0.3 is 15.1 Å². The van der Waals surface area contributed by atoms with Crippen LogP contribution in [0.15, 0.2) is 35.1 Å². The van der Waals surface area contributed by atoms with Gasteiger partial charge in [0.2, 0.25) is 0 Å². The van der Waals surface area contributed by atoms with E-state index in [1.54, 1.807) is 12.1 Å². The van der Waals surface area contributed by atoms with Crippen LogP contribution in [0.4, 0.5) is 0 Å². The lowest BCUT2D eigenvalue weighted by molar-refractivity contribution is 0.0946. The molecular formula is C14H16ClN3O2. The highest BCUT2D eigenvalue weighted by atomic mass is 35.5. The van der Waals surface area contributed by atoms with Gasteiger partial charge in [0.25, 0.3) is 5.91 Å². The molecule has 0 saturated carbocycles. The Balaban J connectivity index is 2.21. The molecule has 1 heterocycles. The van der Waals surface area contributed by atoms with E-state index >= 15 is 0 Å². The highest BCUT2D eigenvalue weighted by molar-refractivity contribution is 6.33. The lowest BCUT2D eigenvalue weighted by atomic mass is 10.1. The number of aromatic nitrogens is 1. The normalized spacial score (nSPS) is 12.2. The first kappa shape index (κ1) is 14.6. The van der Waals surface area contributed by atoms with Crippen molar-refractivity contribution in [3.63, 3.8) is 0 Å². The molecule has 106 valence electrons. The van der Waals surface area contributed by atoms with Crippen molar-refractivity contribution < 1.29 is 9.21 Å². The van der Waals surface area contributed by atoms with E-state index < -0.39 is 0 Å². The molecule has 0 radical (unpaired) electrons. The molecule has 1 aromatic heterocycles. The van der Waals surface area contributed by atoms with Crippen LogP contribution in [0, 0.1) is 0 Å². The van der Waals surface area contributed by atoms with Crippen molar-refractivity contribution >= 4 is 17.5 Å². The van der Waals surface area contributed by atoms with E-state index in [9.17, 15) is 4.79 Å². The highest BCUT2D eigenvalue weighted by Crippen LogP contribution is 2.29. The van der Waals surface area contributed by atoms with Crippen LogP contribution in [0.25, 0.3) is 11.3 Å². The Bertz CT molecular complexity index is 598. The zero-order valence-electron chi connectivity index (χ0n) is 11.3. The fourth-order valence-electron chi connectivity index (χ4n) is 1.68. The van der Waals surface area contributed by atoms with Gasteiger partial charge in [-0.2, -0.15) is 0 Å². The van der Waals surface area contributed by atoms with Crippen LogP contribution in [-0.4, -0.2) is 30.5 Å². The Labute approximate surface area is 122 Å². The lowest BCUT2D eigenvalue weighted by Gasteiger charge is -2.10. The topological polar surface area (TPSA) is 67.2 Å². The molecule has 1 unspecified atom stereocenters. The number of hydrogen-bond donors (Lipinski definition) is 2. The number of likely N-dealkylation sites (N-methyl/N-ethyl adjacent to an activating group) is 1. The minimum Gasteiger partial charge on any atom is -0.443 e. The summed E-state index contributed by atoms with van der Waals surface area (Å²) in [5.74, 6) is 0.0981. The maximum absolute atomic E-state index is 12.1. The van der Waals surface area contributed by atoms with E-state index in [-0.39, 0.29) is 17.6 Å². The van der Waals surface area contributed by atoms with Gasteiger partial charge >= 0.3 is 0 Å². The van der Waals surface area contributed by atoms with E-state index in [0.29, 0.717) is 22.9 Å². The second-order valence-corrected chi connectivity index (χ2v) is 4.82. The molecule has 0 spiro atoms. The third kappa shape index (κ3) is 3.18. The molecule has 5 nitrogen and oxygen atoms in total. The van der Waals surface area contributed by atoms with Crippen LogP contribution in [0.5, 0.6) is 0 Å². The van der Waals surface area contributed by atoms with Gasteiger partial charge in [0.05, 0.1) is 5.02 Å². The van der Waals surface area contributed by atoms with Gasteiger partial charge in [-0.15, -0.1) is 0 Å². The molecule has 0 aliphatic rings. The Morgan fingerprint density at radius 2 is 2.20 bits per heavy atom. The van der Waals surface area contributed by atoms with Crippen molar-refractivity contribution in [3.8, 4) is 11.3 Å². The van der Waals surface area contributed by atoms with Crippen LogP contribution < -0.4 is 10.6 Å². The number of rotatable bonds is 5. The smallest absolute Gasteiger partial charge is 0.273 e. The molecule has 0 aliphatic heterocycles. The second-order valence-electron chi connectivity index (χ2n) is 4.41. The van der Waals surface area contributed by atoms with Crippen molar-refractivity contribution in [2.75, 3.05) is 13.6 Å². The predicted molar refractivity (Wildman–Crippen MR) is 77.8 cm³/mol. The van der Waals surface area contributed by atoms with E-state index in [4.69, 9.17) is 16.0 Å². The SMILES string of the molecule is CNC(C)CNC(=O)c1ncoc1-c1ccccc1Cl. The number of carbonyl (C=O) groups excluding carboxylic acids is 1. The molecule has 20 heavy (non-hydrogen) atoms. The molecule has 0 bridgehead atoms. The van der Waals surface area contributed by atoms with E-state index in [2.05, 4.69) is 15.6 Å². The number of halogens is 1. The van der Waals surface area contributed by atoms with E-state index in [0.717, 1.165) is 0 Å². The largest absolute Gasteiger partial charge is 0.443 e. The molecule has 1 aromatic carbocycles. The summed E-state index contributed by atoms with van der Waals surface area (Å²) in [6.45, 7) is 2.47. The molecule has 0 aliphatic carbocycles. The molecule has 2 aromatic rings. The average Bonchev–Trinajstić information content (AvgIpc) is 2.94. The predicted octanol–water partition coefficient (Wildman–Crippen LogP) is 2.33. The van der Waals surface area contributed by atoms with E-state index in [1.165, 1.54) is 6.39 Å². The highest BCUT2D eigenvalue weighted by Gasteiger charge is 2.19. The summed E-state index contributed by atoms with van der Waals surface area (Å²) in [6, 6.07) is 7.35. The number of oxazole rings is 1. The maximum Gasteiger partial charge on any atom is 0.273 e. The number of amides is 1. The van der Waals surface area contributed by atoms with Gasteiger partial charge in [0.15, 0.2) is 17.8 Å². The lowest BCUT2D eigenvalue weighted by Crippen LogP contribution is -2.37. The fourth-order valence-corrected chi connectivity index (χ4v) is 1.90. The molecule has 2 rings (SSSR count). The van der Waals surface area contributed by atoms with Crippen LogP contribution in [0.1, 0.15) is 17.4 Å². The van der Waals surface area contributed by atoms with Gasteiger partial charge in [-0.25, -0.2) is 4.98 Å². The van der Waals surface area contributed by atoms with E-state index in [1.807, 2.05) is 26.1 Å². The number of benzene rings is 1. The summed E-state index contributed by atoms with van der Waals surface area (Å²) in [5.41, 5.74) is 0.889. The van der Waals surface area contributed by atoms with Crippen LogP contribution in [0.2, 0.25) is 5.02 Å².